The van der Waals surface area contributed by atoms with Gasteiger partial charge in [-0.3, -0.25) is 9.59 Å². The zero-order valence-corrected chi connectivity index (χ0v) is 17.5. The first-order valence-corrected chi connectivity index (χ1v) is 10.2. The van der Waals surface area contributed by atoms with Crippen molar-refractivity contribution in [2.45, 2.75) is 33.6 Å². The maximum atomic E-state index is 12.5. The van der Waals surface area contributed by atoms with Crippen molar-refractivity contribution in [3.05, 3.63) is 70.6 Å². The van der Waals surface area contributed by atoms with Crippen LogP contribution in [0.3, 0.4) is 0 Å². The summed E-state index contributed by atoms with van der Waals surface area (Å²) in [5, 5.41) is 6.89. The van der Waals surface area contributed by atoms with Gasteiger partial charge in [0, 0.05) is 36.8 Å². The predicted octanol–water partition coefficient (Wildman–Crippen LogP) is 3.84. The highest BCUT2D eigenvalue weighted by molar-refractivity contribution is 5.95. The molecule has 0 radical (unpaired) electrons. The molecule has 2 amide bonds. The number of aryl methyl sites for hydroxylation is 2. The summed E-state index contributed by atoms with van der Waals surface area (Å²) in [6.07, 6.45) is 1.56. The maximum absolute atomic E-state index is 12.5. The van der Waals surface area contributed by atoms with E-state index in [1.165, 1.54) is 5.56 Å². The van der Waals surface area contributed by atoms with Gasteiger partial charge in [-0.05, 0) is 67.6 Å². The quantitative estimate of drug-likeness (QED) is 0.702. The fourth-order valence-corrected chi connectivity index (χ4v) is 3.98. The van der Waals surface area contributed by atoms with Crippen LogP contribution in [0.5, 0.6) is 0 Å². The average Bonchev–Trinajstić information content (AvgIpc) is 3.31. The van der Waals surface area contributed by atoms with Gasteiger partial charge in [0.15, 0.2) is 0 Å². The molecule has 1 N–H and O–H groups in total. The van der Waals surface area contributed by atoms with E-state index < -0.39 is 0 Å². The fraction of sp³-hybridized carbons (Fsp3) is 0.292. The molecule has 2 aromatic carbocycles. The average molecular weight is 403 g/mol. The molecule has 2 heterocycles. The van der Waals surface area contributed by atoms with Gasteiger partial charge in [-0.25, -0.2) is 0 Å². The largest absolute Gasteiger partial charge is 0.361 e. The van der Waals surface area contributed by atoms with Gasteiger partial charge in [0.2, 0.25) is 5.91 Å². The normalized spacial score (nSPS) is 12.7. The third kappa shape index (κ3) is 3.85. The number of rotatable bonds is 5. The number of nitrogens with one attached hydrogen (secondary N) is 1. The summed E-state index contributed by atoms with van der Waals surface area (Å²) in [6.45, 7) is 6.65. The Kier molecular flexibility index (Phi) is 5.40. The molecule has 30 heavy (non-hydrogen) atoms. The topological polar surface area (TPSA) is 75.4 Å². The lowest BCUT2D eigenvalue weighted by Crippen LogP contribution is -2.25. The number of nitrogens with zero attached hydrogens (tertiary/aromatic N) is 2. The molecule has 3 aromatic rings. The monoisotopic (exact) mass is 403 g/mol. The maximum Gasteiger partial charge on any atom is 0.251 e. The van der Waals surface area contributed by atoms with Crippen LogP contribution >= 0.6 is 0 Å². The van der Waals surface area contributed by atoms with Crippen molar-refractivity contribution in [2.24, 2.45) is 0 Å². The minimum Gasteiger partial charge on any atom is -0.361 e. The molecule has 6 heteroatoms. The molecule has 4 rings (SSSR count). The second-order valence-corrected chi connectivity index (χ2v) is 7.65. The highest BCUT2D eigenvalue weighted by Gasteiger charge is 2.22. The molecule has 1 aliphatic heterocycles. The summed E-state index contributed by atoms with van der Waals surface area (Å²) in [5.74, 6) is 0.775. The third-order valence-electron chi connectivity index (χ3n) is 5.68. The van der Waals surface area contributed by atoms with Crippen LogP contribution in [0.4, 0.5) is 5.69 Å². The Morgan fingerprint density at radius 2 is 1.83 bits per heavy atom. The number of aromatic nitrogens is 1. The van der Waals surface area contributed by atoms with E-state index in [0.29, 0.717) is 18.5 Å². The molecular formula is C24H25N3O3. The minimum absolute atomic E-state index is 0.0752. The van der Waals surface area contributed by atoms with Crippen LogP contribution in [0.25, 0.3) is 11.1 Å². The van der Waals surface area contributed by atoms with Crippen molar-refractivity contribution in [2.75, 3.05) is 18.0 Å². The van der Waals surface area contributed by atoms with Crippen molar-refractivity contribution in [3.8, 4) is 11.1 Å². The van der Waals surface area contributed by atoms with Crippen LogP contribution in [-0.4, -0.2) is 30.1 Å². The van der Waals surface area contributed by atoms with E-state index in [2.05, 4.69) is 16.5 Å². The molecule has 0 aliphatic carbocycles. The second-order valence-electron chi connectivity index (χ2n) is 7.65. The van der Waals surface area contributed by atoms with E-state index in [9.17, 15) is 9.59 Å². The molecule has 1 aliphatic rings. The molecule has 0 saturated heterocycles. The van der Waals surface area contributed by atoms with Gasteiger partial charge in [0.1, 0.15) is 5.76 Å². The highest BCUT2D eigenvalue weighted by atomic mass is 16.5. The van der Waals surface area contributed by atoms with Gasteiger partial charge in [0.25, 0.3) is 5.91 Å². The van der Waals surface area contributed by atoms with E-state index in [0.717, 1.165) is 46.8 Å². The number of carbonyl (C=O) groups is 2. The molecule has 0 unspecified atom stereocenters. The van der Waals surface area contributed by atoms with Crippen LogP contribution in [0.15, 0.2) is 47.0 Å². The molecule has 1 aromatic heterocycles. The number of amides is 2. The van der Waals surface area contributed by atoms with Crippen molar-refractivity contribution >= 4 is 17.5 Å². The van der Waals surface area contributed by atoms with Gasteiger partial charge < -0.3 is 14.7 Å². The lowest BCUT2D eigenvalue weighted by atomic mass is 10.0. The molecular weight excluding hydrogens is 378 g/mol. The van der Waals surface area contributed by atoms with Gasteiger partial charge in [-0.15, -0.1) is 0 Å². The summed E-state index contributed by atoms with van der Waals surface area (Å²) in [5.41, 5.74) is 6.86. The predicted molar refractivity (Wildman–Crippen MR) is 116 cm³/mol. The first-order valence-electron chi connectivity index (χ1n) is 10.2. The van der Waals surface area contributed by atoms with Gasteiger partial charge in [-0.2, -0.15) is 0 Å². The smallest absolute Gasteiger partial charge is 0.251 e. The minimum atomic E-state index is -0.0978. The summed E-state index contributed by atoms with van der Waals surface area (Å²) >= 11 is 0. The Labute approximate surface area is 175 Å². The lowest BCUT2D eigenvalue weighted by Gasteiger charge is -2.15. The Bertz CT molecular complexity index is 1080. The number of hydrogen-bond acceptors (Lipinski definition) is 4. The van der Waals surface area contributed by atoms with Gasteiger partial charge >= 0.3 is 0 Å². The van der Waals surface area contributed by atoms with Crippen molar-refractivity contribution in [1.29, 1.82) is 0 Å². The van der Waals surface area contributed by atoms with Crippen LogP contribution < -0.4 is 10.2 Å². The third-order valence-corrected chi connectivity index (χ3v) is 5.68. The molecule has 0 fully saturated rings. The van der Waals surface area contributed by atoms with E-state index in [1.54, 1.807) is 6.92 Å². The van der Waals surface area contributed by atoms with Crippen LogP contribution in [0, 0.1) is 13.8 Å². The van der Waals surface area contributed by atoms with E-state index in [1.807, 2.05) is 55.1 Å². The number of anilines is 1. The molecule has 0 spiro atoms. The fourth-order valence-electron chi connectivity index (χ4n) is 3.98. The Morgan fingerprint density at radius 3 is 2.50 bits per heavy atom. The SMILES string of the molecule is CC(=O)N1CCc2cc(-c3ccc(C(=O)NCCc4c(C)noc4C)cc3)ccc21. The van der Waals surface area contributed by atoms with Crippen molar-refractivity contribution in [3.63, 3.8) is 0 Å². The van der Waals surface area contributed by atoms with E-state index in [-0.39, 0.29) is 11.8 Å². The zero-order chi connectivity index (χ0) is 21.3. The van der Waals surface area contributed by atoms with E-state index >= 15 is 0 Å². The van der Waals surface area contributed by atoms with Gasteiger partial charge in [-0.1, -0.05) is 23.4 Å². The Hall–Kier alpha value is -3.41. The summed E-state index contributed by atoms with van der Waals surface area (Å²) < 4.78 is 5.16. The molecule has 0 atom stereocenters. The first kappa shape index (κ1) is 19.9. The summed E-state index contributed by atoms with van der Waals surface area (Å²) in [6, 6.07) is 13.8. The number of carbonyl (C=O) groups excluding carboxylic acids is 2. The van der Waals surface area contributed by atoms with Crippen molar-refractivity contribution < 1.29 is 14.1 Å². The second kappa shape index (κ2) is 8.14. The standard InChI is InChI=1S/C24H25N3O3/c1-15-22(16(2)30-26-15)10-12-25-24(29)19-6-4-18(5-7-19)20-8-9-23-21(14-20)11-13-27(23)17(3)28/h4-9,14H,10-13H2,1-3H3,(H,25,29). The highest BCUT2D eigenvalue weighted by Crippen LogP contribution is 2.32. The van der Waals surface area contributed by atoms with Crippen LogP contribution in [0.2, 0.25) is 0 Å². The summed E-state index contributed by atoms with van der Waals surface area (Å²) in [7, 11) is 0. The Balaban J connectivity index is 1.40. The van der Waals surface area contributed by atoms with Crippen molar-refractivity contribution in [1.82, 2.24) is 10.5 Å². The molecule has 0 bridgehead atoms. The lowest BCUT2D eigenvalue weighted by molar-refractivity contribution is -0.116. The molecule has 6 nitrogen and oxygen atoms in total. The van der Waals surface area contributed by atoms with E-state index in [4.69, 9.17) is 4.52 Å². The van der Waals surface area contributed by atoms with Crippen LogP contribution in [0.1, 0.15) is 39.9 Å². The van der Waals surface area contributed by atoms with Crippen LogP contribution in [-0.2, 0) is 17.6 Å². The first-order chi connectivity index (χ1) is 14.4. The summed E-state index contributed by atoms with van der Waals surface area (Å²) in [4.78, 5) is 26.0. The Morgan fingerprint density at radius 1 is 1.10 bits per heavy atom. The zero-order valence-electron chi connectivity index (χ0n) is 17.5. The number of hydrogen-bond donors (Lipinski definition) is 1. The number of benzene rings is 2. The molecule has 0 saturated carbocycles. The van der Waals surface area contributed by atoms with Gasteiger partial charge in [0.05, 0.1) is 5.69 Å². The number of fused-ring (bicyclic) bond motifs is 1. The molecule has 154 valence electrons.